The number of anilines is 2. The fourth-order valence-corrected chi connectivity index (χ4v) is 7.48. The fraction of sp³-hybridized carbons (Fsp3) is 0.484. The summed E-state index contributed by atoms with van der Waals surface area (Å²) in [4.78, 5) is 30.2. The molecule has 3 aliphatic heterocycles. The predicted molar refractivity (Wildman–Crippen MR) is 164 cm³/mol. The highest BCUT2D eigenvalue weighted by atomic mass is 32.1. The monoisotopic (exact) mass is 641 g/mol. The number of halogens is 3. The van der Waals surface area contributed by atoms with Gasteiger partial charge in [-0.3, -0.25) is 19.8 Å². The van der Waals surface area contributed by atoms with Gasteiger partial charge in [0.2, 0.25) is 5.91 Å². The second kappa shape index (κ2) is 11.5. The molecule has 238 valence electrons. The third-order valence-corrected chi connectivity index (χ3v) is 9.58. The smallest absolute Gasteiger partial charge is 0.417 e. The Hall–Kier alpha value is -3.77. The van der Waals surface area contributed by atoms with E-state index in [2.05, 4.69) is 23.0 Å². The molecule has 1 spiro atoms. The molecule has 0 aromatic heterocycles. The molecular weight excluding hydrogens is 607 g/mol. The van der Waals surface area contributed by atoms with Crippen LogP contribution in [0.25, 0.3) is 0 Å². The molecule has 3 heterocycles. The first kappa shape index (κ1) is 31.2. The van der Waals surface area contributed by atoms with Crippen molar-refractivity contribution in [3.63, 3.8) is 0 Å². The van der Waals surface area contributed by atoms with Gasteiger partial charge >= 0.3 is 6.18 Å². The van der Waals surface area contributed by atoms with Gasteiger partial charge in [0.25, 0.3) is 5.91 Å². The first-order chi connectivity index (χ1) is 21.4. The van der Waals surface area contributed by atoms with E-state index in [9.17, 15) is 28.0 Å². The molecule has 4 aliphatic rings. The summed E-state index contributed by atoms with van der Waals surface area (Å²) in [5.41, 5.74) is 1.81. The van der Waals surface area contributed by atoms with Crippen molar-refractivity contribution in [3.8, 4) is 11.8 Å². The minimum atomic E-state index is -4.79. The quantitative estimate of drug-likeness (QED) is 0.385. The van der Waals surface area contributed by atoms with Gasteiger partial charge in [0.05, 0.1) is 35.5 Å². The van der Waals surface area contributed by atoms with E-state index in [-0.39, 0.29) is 28.8 Å². The van der Waals surface area contributed by atoms with Crippen LogP contribution in [-0.4, -0.2) is 59.3 Å². The molecule has 3 saturated heterocycles. The van der Waals surface area contributed by atoms with Crippen molar-refractivity contribution in [2.45, 2.75) is 82.0 Å². The van der Waals surface area contributed by atoms with Gasteiger partial charge in [0, 0.05) is 24.3 Å². The summed E-state index contributed by atoms with van der Waals surface area (Å²) in [6, 6.07) is 9.59. The summed E-state index contributed by atoms with van der Waals surface area (Å²) >= 11 is 5.83. The number of hydrogen-bond acceptors (Lipinski definition) is 8. The van der Waals surface area contributed by atoms with Crippen LogP contribution in [0.2, 0.25) is 0 Å². The number of alkyl halides is 3. The number of carbonyl (C=O) groups is 2. The van der Waals surface area contributed by atoms with Crippen LogP contribution < -0.4 is 30.6 Å². The Balaban J connectivity index is 1.39. The van der Waals surface area contributed by atoms with E-state index in [1.807, 2.05) is 25.0 Å². The Morgan fingerprint density at radius 1 is 1.13 bits per heavy atom. The largest absolute Gasteiger partial charge is 0.493 e. The normalized spacial score (nSPS) is 26.1. The Labute approximate surface area is 264 Å². The number of carbonyl (C=O) groups excluding carboxylic acids is 2. The number of ether oxygens (including phenoxy) is 1. The number of hydrazine groups is 1. The number of nitrogens with one attached hydrogen (secondary N) is 3. The van der Waals surface area contributed by atoms with Crippen LogP contribution in [-0.2, 0) is 15.8 Å². The topological polar surface area (TPSA) is 113 Å². The van der Waals surface area contributed by atoms with Crippen LogP contribution in [0.4, 0.5) is 24.5 Å². The fourth-order valence-electron chi connectivity index (χ4n) is 7.01. The first-order valence-corrected chi connectivity index (χ1v) is 15.5. The van der Waals surface area contributed by atoms with E-state index in [1.54, 1.807) is 23.1 Å². The number of thiocarbonyl (C=S) groups is 1. The minimum Gasteiger partial charge on any atom is -0.493 e. The van der Waals surface area contributed by atoms with Crippen molar-refractivity contribution in [1.82, 2.24) is 21.1 Å². The molecular formula is C31H34F3N7O3S. The summed E-state index contributed by atoms with van der Waals surface area (Å²) < 4.78 is 47.5. The van der Waals surface area contributed by atoms with Gasteiger partial charge in [0.1, 0.15) is 23.5 Å². The van der Waals surface area contributed by atoms with Crippen LogP contribution >= 0.6 is 12.2 Å². The van der Waals surface area contributed by atoms with Crippen molar-refractivity contribution < 1.29 is 27.5 Å². The lowest BCUT2D eigenvalue weighted by Crippen LogP contribution is -2.62. The number of benzene rings is 2. The van der Waals surface area contributed by atoms with Crippen molar-refractivity contribution in [1.29, 1.82) is 5.26 Å². The number of hydrogen-bond donors (Lipinski definition) is 3. The van der Waals surface area contributed by atoms with Crippen LogP contribution in [0.1, 0.15) is 68.8 Å². The predicted octanol–water partition coefficient (Wildman–Crippen LogP) is 4.11. The van der Waals surface area contributed by atoms with Crippen LogP contribution in [0.5, 0.6) is 5.75 Å². The molecule has 2 aromatic carbocycles. The zero-order chi connectivity index (χ0) is 32.3. The number of fused-ring (bicyclic) bond motifs is 1. The maximum atomic E-state index is 14.0. The molecule has 10 nitrogen and oxygen atoms in total. The van der Waals surface area contributed by atoms with Crippen molar-refractivity contribution >= 4 is 40.5 Å². The molecule has 2 amide bonds. The zero-order valence-corrected chi connectivity index (χ0v) is 25.9. The molecule has 1 aliphatic carbocycles. The summed E-state index contributed by atoms with van der Waals surface area (Å²) in [6.45, 7) is 4.32. The molecule has 6 rings (SSSR count). The van der Waals surface area contributed by atoms with Crippen LogP contribution in [0.3, 0.4) is 0 Å². The first-order valence-electron chi connectivity index (χ1n) is 15.1. The van der Waals surface area contributed by atoms with Gasteiger partial charge in [-0.1, -0.05) is 13.3 Å². The van der Waals surface area contributed by atoms with Gasteiger partial charge in [-0.05, 0) is 81.2 Å². The highest BCUT2D eigenvalue weighted by Crippen LogP contribution is 2.49. The number of likely N-dealkylation sites (N-methyl/N-ethyl adjacent to an activating group) is 1. The van der Waals surface area contributed by atoms with Gasteiger partial charge in [0.15, 0.2) is 5.11 Å². The average molecular weight is 642 g/mol. The van der Waals surface area contributed by atoms with E-state index < -0.39 is 41.0 Å². The maximum Gasteiger partial charge on any atom is 0.417 e. The minimum absolute atomic E-state index is 0.0398. The van der Waals surface area contributed by atoms with Gasteiger partial charge in [-0.15, -0.1) is 0 Å². The molecule has 4 atom stereocenters. The molecule has 0 bridgehead atoms. The molecule has 4 unspecified atom stereocenters. The Morgan fingerprint density at radius 2 is 1.87 bits per heavy atom. The van der Waals surface area contributed by atoms with E-state index >= 15 is 0 Å². The molecule has 3 N–H and O–H groups in total. The summed E-state index contributed by atoms with van der Waals surface area (Å²) in [7, 11) is 1.85. The second-order valence-corrected chi connectivity index (χ2v) is 12.2. The highest BCUT2D eigenvalue weighted by molar-refractivity contribution is 7.81. The highest BCUT2D eigenvalue weighted by Gasteiger charge is 2.60. The lowest BCUT2D eigenvalue weighted by molar-refractivity contribution is -0.137. The Kier molecular flexibility index (Phi) is 8.01. The van der Waals surface area contributed by atoms with Crippen molar-refractivity contribution in [3.05, 3.63) is 53.1 Å². The van der Waals surface area contributed by atoms with Crippen LogP contribution in [0, 0.1) is 11.3 Å². The van der Waals surface area contributed by atoms with E-state index in [1.165, 1.54) is 6.07 Å². The number of rotatable bonds is 7. The summed E-state index contributed by atoms with van der Waals surface area (Å²) in [6.07, 6.45) is -1.93. The SMILES string of the molecule is CCCC1NN(C)C2C(=O)NC(c3cc(N4C(=S)N(c5ccc(C#N)c(C(F)(F)F)c5)C(=O)C45CCC5)ccc3OCC)NC12. The molecule has 1 saturated carbocycles. The van der Waals surface area contributed by atoms with Gasteiger partial charge in [-0.25, -0.2) is 10.4 Å². The Bertz CT molecular complexity index is 1590. The standard InChI is InChI=1S/C31H34F3N7O3S/c1-4-7-22-24-25(39(3)38-22)27(42)37-26(36-24)20-14-19(10-11-23(20)44-5-2)41-29(45)40(28(43)30(41)12-6-13-30)18-9-8-17(16-35)21(15-18)31(32,33)34/h8-11,14-15,22,24-26,36,38H,4-7,12-13H2,1-3H3,(H,37,42). The van der Waals surface area contributed by atoms with E-state index in [0.717, 1.165) is 36.3 Å². The Morgan fingerprint density at radius 3 is 2.49 bits per heavy atom. The summed E-state index contributed by atoms with van der Waals surface area (Å²) in [5.74, 6) is -0.0110. The van der Waals surface area contributed by atoms with Gasteiger partial charge in [-0.2, -0.15) is 18.4 Å². The van der Waals surface area contributed by atoms with Crippen LogP contribution in [0.15, 0.2) is 36.4 Å². The zero-order valence-electron chi connectivity index (χ0n) is 25.1. The molecule has 0 radical (unpaired) electrons. The summed E-state index contributed by atoms with van der Waals surface area (Å²) in [5, 5.41) is 17.8. The molecule has 2 aromatic rings. The third kappa shape index (κ3) is 5.02. The lowest BCUT2D eigenvalue weighted by Gasteiger charge is -2.43. The van der Waals surface area contributed by atoms with Gasteiger partial charge < -0.3 is 15.0 Å². The van der Waals surface area contributed by atoms with Crippen molar-refractivity contribution in [2.24, 2.45) is 0 Å². The number of nitrogens with zero attached hydrogens (tertiary/aromatic N) is 4. The lowest BCUT2D eigenvalue weighted by atomic mass is 9.75. The van der Waals surface area contributed by atoms with E-state index in [0.29, 0.717) is 36.4 Å². The van der Waals surface area contributed by atoms with Crippen molar-refractivity contribution in [2.75, 3.05) is 23.5 Å². The molecule has 45 heavy (non-hydrogen) atoms. The maximum absolute atomic E-state index is 14.0. The van der Waals surface area contributed by atoms with E-state index in [4.69, 9.17) is 17.0 Å². The second-order valence-electron chi connectivity index (χ2n) is 11.9. The molecule has 14 heteroatoms. The third-order valence-electron chi connectivity index (χ3n) is 9.22. The average Bonchev–Trinajstić information content (AvgIpc) is 3.42. The number of nitriles is 1. The number of amides is 2. The molecule has 4 fully saturated rings.